The normalized spacial score (nSPS) is 21.3. The van der Waals surface area contributed by atoms with Crippen LogP contribution < -0.4 is 11.1 Å². The molecule has 2 unspecified atom stereocenters. The lowest BCUT2D eigenvalue weighted by Crippen LogP contribution is -2.43. The Balaban J connectivity index is 0.000000255. The number of imidazole rings is 1. The van der Waals surface area contributed by atoms with Crippen LogP contribution in [0.4, 0.5) is 0 Å². The van der Waals surface area contributed by atoms with E-state index in [2.05, 4.69) is 31.1 Å². The van der Waals surface area contributed by atoms with Crippen LogP contribution in [0.2, 0.25) is 0 Å². The van der Waals surface area contributed by atoms with Gasteiger partial charge in [0.2, 0.25) is 0 Å². The SMILES string of the molecule is CC(C)CCn1cnc(CC(=O)O)c1.CC1CCC(N)NC1. The molecule has 0 aliphatic carbocycles. The van der Waals surface area contributed by atoms with E-state index in [1.807, 2.05) is 4.57 Å². The van der Waals surface area contributed by atoms with Crippen LogP contribution in [0.15, 0.2) is 12.5 Å². The summed E-state index contributed by atoms with van der Waals surface area (Å²) in [4.78, 5) is 14.4. The standard InChI is InChI=1S/C10H16N2O2.C6H14N2/c1-8(2)3-4-12-6-9(11-7-12)5-10(13)14;1-5-2-3-6(7)8-4-5/h6-8H,3-5H2,1-2H3,(H,13,14);5-6,8H,2-4,7H2,1H3. The number of aromatic nitrogens is 2. The van der Waals surface area contributed by atoms with Crippen LogP contribution in [0.25, 0.3) is 0 Å². The van der Waals surface area contributed by atoms with Gasteiger partial charge in [-0.25, -0.2) is 4.98 Å². The largest absolute Gasteiger partial charge is 0.481 e. The minimum absolute atomic E-state index is 0.00861. The van der Waals surface area contributed by atoms with Crippen molar-refractivity contribution < 1.29 is 9.90 Å². The van der Waals surface area contributed by atoms with Crippen molar-refractivity contribution in [3.05, 3.63) is 18.2 Å². The molecule has 22 heavy (non-hydrogen) atoms. The zero-order chi connectivity index (χ0) is 16.5. The Labute approximate surface area is 133 Å². The van der Waals surface area contributed by atoms with Gasteiger partial charge in [-0.2, -0.15) is 0 Å². The summed E-state index contributed by atoms with van der Waals surface area (Å²) in [6.45, 7) is 8.58. The molecular formula is C16H30N4O2. The van der Waals surface area contributed by atoms with Crippen LogP contribution in [0, 0.1) is 11.8 Å². The number of hydrogen-bond acceptors (Lipinski definition) is 4. The van der Waals surface area contributed by atoms with Crippen LogP contribution >= 0.6 is 0 Å². The highest BCUT2D eigenvalue weighted by atomic mass is 16.4. The summed E-state index contributed by atoms with van der Waals surface area (Å²) in [7, 11) is 0. The molecule has 4 N–H and O–H groups in total. The number of hydrogen-bond donors (Lipinski definition) is 3. The third kappa shape index (κ3) is 8.14. The summed E-state index contributed by atoms with van der Waals surface area (Å²) in [6, 6.07) is 0. The van der Waals surface area contributed by atoms with Crippen molar-refractivity contribution in [2.24, 2.45) is 17.6 Å². The quantitative estimate of drug-likeness (QED) is 0.771. The second-order valence-electron chi connectivity index (χ2n) is 6.55. The summed E-state index contributed by atoms with van der Waals surface area (Å²) in [5, 5.41) is 11.8. The van der Waals surface area contributed by atoms with Gasteiger partial charge in [0.1, 0.15) is 0 Å². The number of nitrogens with one attached hydrogen (secondary N) is 1. The van der Waals surface area contributed by atoms with Crippen molar-refractivity contribution in [1.82, 2.24) is 14.9 Å². The molecule has 1 aliphatic heterocycles. The van der Waals surface area contributed by atoms with E-state index in [-0.39, 0.29) is 12.6 Å². The van der Waals surface area contributed by atoms with Gasteiger partial charge >= 0.3 is 5.97 Å². The Bertz CT molecular complexity index is 427. The molecular weight excluding hydrogens is 280 g/mol. The van der Waals surface area contributed by atoms with Gasteiger partial charge in [0, 0.05) is 12.7 Å². The molecule has 1 aliphatic rings. The molecule has 0 radical (unpaired) electrons. The average Bonchev–Trinajstić information content (AvgIpc) is 2.87. The maximum Gasteiger partial charge on any atom is 0.309 e. The first-order valence-corrected chi connectivity index (χ1v) is 8.08. The lowest BCUT2D eigenvalue weighted by molar-refractivity contribution is -0.136. The molecule has 1 fully saturated rings. The van der Waals surface area contributed by atoms with Gasteiger partial charge in [0.25, 0.3) is 0 Å². The van der Waals surface area contributed by atoms with E-state index in [1.54, 1.807) is 12.5 Å². The lowest BCUT2D eigenvalue weighted by Gasteiger charge is -2.24. The zero-order valence-corrected chi connectivity index (χ0v) is 14.0. The molecule has 0 amide bonds. The third-order valence-electron chi connectivity index (χ3n) is 3.68. The highest BCUT2D eigenvalue weighted by Gasteiger charge is 2.12. The molecule has 0 aromatic carbocycles. The molecule has 126 valence electrons. The number of carboxylic acids is 1. The van der Waals surface area contributed by atoms with Crippen molar-refractivity contribution in [2.75, 3.05) is 6.54 Å². The third-order valence-corrected chi connectivity index (χ3v) is 3.68. The van der Waals surface area contributed by atoms with Crippen molar-refractivity contribution in [3.63, 3.8) is 0 Å². The number of carbonyl (C=O) groups is 1. The maximum absolute atomic E-state index is 10.4. The second-order valence-corrected chi connectivity index (χ2v) is 6.55. The molecule has 2 rings (SSSR count). The predicted molar refractivity (Wildman–Crippen MR) is 87.4 cm³/mol. The summed E-state index contributed by atoms with van der Waals surface area (Å²) < 4.78 is 1.94. The van der Waals surface area contributed by atoms with E-state index in [0.717, 1.165) is 31.8 Å². The molecule has 2 heterocycles. The van der Waals surface area contributed by atoms with Gasteiger partial charge in [-0.3, -0.25) is 4.79 Å². The summed E-state index contributed by atoms with van der Waals surface area (Å²) >= 11 is 0. The first-order chi connectivity index (χ1) is 10.4. The summed E-state index contributed by atoms with van der Waals surface area (Å²) in [5.74, 6) is 0.647. The van der Waals surface area contributed by atoms with E-state index >= 15 is 0 Å². The monoisotopic (exact) mass is 310 g/mol. The number of piperidine rings is 1. The first-order valence-electron chi connectivity index (χ1n) is 8.08. The van der Waals surface area contributed by atoms with Crippen molar-refractivity contribution >= 4 is 5.97 Å². The molecule has 2 atom stereocenters. The van der Waals surface area contributed by atoms with Gasteiger partial charge in [0.15, 0.2) is 0 Å². The van der Waals surface area contributed by atoms with Gasteiger partial charge < -0.3 is 20.7 Å². The topological polar surface area (TPSA) is 93.2 Å². The van der Waals surface area contributed by atoms with Gasteiger partial charge in [-0.15, -0.1) is 0 Å². The number of aryl methyl sites for hydroxylation is 1. The Hall–Kier alpha value is -1.40. The van der Waals surface area contributed by atoms with Crippen molar-refractivity contribution in [1.29, 1.82) is 0 Å². The van der Waals surface area contributed by atoms with Crippen LogP contribution in [0.1, 0.15) is 45.7 Å². The van der Waals surface area contributed by atoms with Gasteiger partial charge in [0.05, 0.1) is 24.6 Å². The molecule has 0 saturated carbocycles. The molecule has 0 bridgehead atoms. The number of aliphatic carboxylic acids is 1. The van der Waals surface area contributed by atoms with Crippen LogP contribution in [-0.2, 0) is 17.8 Å². The predicted octanol–water partition coefficient (Wildman–Crippen LogP) is 1.85. The summed E-state index contributed by atoms with van der Waals surface area (Å²) in [5.41, 5.74) is 6.21. The first kappa shape index (κ1) is 18.6. The highest BCUT2D eigenvalue weighted by molar-refractivity contribution is 5.69. The number of nitrogens with two attached hydrogens (primary N) is 1. The fraction of sp³-hybridized carbons (Fsp3) is 0.750. The van der Waals surface area contributed by atoms with E-state index in [4.69, 9.17) is 10.8 Å². The molecule has 0 spiro atoms. The Morgan fingerprint density at radius 1 is 1.55 bits per heavy atom. The summed E-state index contributed by atoms with van der Waals surface area (Å²) in [6.07, 6.45) is 7.29. The number of nitrogens with zero attached hydrogens (tertiary/aromatic N) is 2. The number of rotatable bonds is 5. The Kier molecular flexibility index (Phi) is 8.12. The number of carboxylic acid groups (broad SMARTS) is 1. The second kappa shape index (κ2) is 9.58. The maximum atomic E-state index is 10.4. The highest BCUT2D eigenvalue weighted by Crippen LogP contribution is 2.09. The molecule has 6 heteroatoms. The van der Waals surface area contributed by atoms with E-state index < -0.39 is 5.97 Å². The minimum atomic E-state index is -0.834. The van der Waals surface area contributed by atoms with Crippen molar-refractivity contribution in [2.45, 2.75) is 59.2 Å². The Morgan fingerprint density at radius 2 is 2.27 bits per heavy atom. The molecule has 1 saturated heterocycles. The fourth-order valence-corrected chi connectivity index (χ4v) is 2.20. The average molecular weight is 310 g/mol. The molecule has 1 aromatic heterocycles. The lowest BCUT2D eigenvalue weighted by atomic mass is 10.0. The molecule has 6 nitrogen and oxygen atoms in total. The molecule has 1 aromatic rings. The van der Waals surface area contributed by atoms with Crippen LogP contribution in [0.5, 0.6) is 0 Å². The van der Waals surface area contributed by atoms with E-state index in [0.29, 0.717) is 11.6 Å². The van der Waals surface area contributed by atoms with Crippen LogP contribution in [-0.4, -0.2) is 33.3 Å². The van der Waals surface area contributed by atoms with Crippen LogP contribution in [0.3, 0.4) is 0 Å². The van der Waals surface area contributed by atoms with E-state index in [9.17, 15) is 4.79 Å². The smallest absolute Gasteiger partial charge is 0.309 e. The Morgan fingerprint density at radius 3 is 2.77 bits per heavy atom. The zero-order valence-electron chi connectivity index (χ0n) is 14.0. The minimum Gasteiger partial charge on any atom is -0.481 e. The van der Waals surface area contributed by atoms with Gasteiger partial charge in [-0.05, 0) is 37.6 Å². The van der Waals surface area contributed by atoms with Crippen molar-refractivity contribution in [3.8, 4) is 0 Å². The van der Waals surface area contributed by atoms with E-state index in [1.165, 1.54) is 6.42 Å². The van der Waals surface area contributed by atoms with Gasteiger partial charge in [-0.1, -0.05) is 20.8 Å². The fourth-order valence-electron chi connectivity index (χ4n) is 2.20.